The highest BCUT2D eigenvalue weighted by molar-refractivity contribution is 7.78. The van der Waals surface area contributed by atoms with Gasteiger partial charge in [0.25, 0.3) is 0 Å². The molecule has 12 nitrogen and oxygen atoms in total. The molecule has 8 aliphatic carbocycles. The maximum Gasteiger partial charge on any atom is 0.349 e. The lowest BCUT2D eigenvalue weighted by atomic mass is 9.89. The second-order valence-electron chi connectivity index (χ2n) is 22.5. The van der Waals surface area contributed by atoms with E-state index in [1.807, 2.05) is 0 Å². The predicted octanol–water partition coefficient (Wildman–Crippen LogP) is 19.1. The molecule has 66 heavy (non-hydrogen) atoms. The van der Waals surface area contributed by atoms with Crippen molar-refractivity contribution in [1.82, 2.24) is 0 Å². The van der Waals surface area contributed by atoms with Crippen molar-refractivity contribution in [3.8, 4) is 0 Å². The van der Waals surface area contributed by atoms with Crippen molar-refractivity contribution < 1.29 is 36.2 Å². The van der Waals surface area contributed by atoms with Crippen LogP contribution >= 0.6 is 30.6 Å². The Bertz CT molecular complexity index is 1550. The van der Waals surface area contributed by atoms with Gasteiger partial charge in [-0.25, -0.2) is 0 Å². The van der Waals surface area contributed by atoms with Crippen LogP contribution in [0.25, 0.3) is 0 Å². The Hall–Kier alpha value is 0.600. The fourth-order valence-electron chi connectivity index (χ4n) is 12.3. The van der Waals surface area contributed by atoms with Crippen LogP contribution in [-0.4, -0.2) is 48.8 Å². The third-order valence-corrected chi connectivity index (χ3v) is 28.3. The smallest absolute Gasteiger partial charge is 0.303 e. The van der Waals surface area contributed by atoms with Gasteiger partial charge in [0.05, 0.1) is 48.8 Å². The maximum absolute atomic E-state index is 7.76. The van der Waals surface area contributed by atoms with Crippen molar-refractivity contribution in [3.63, 3.8) is 0 Å². The summed E-state index contributed by atoms with van der Waals surface area (Å²) in [5, 5.41) is 0. The highest BCUT2D eigenvalue weighted by atomic mass is 31.3. The van der Waals surface area contributed by atoms with Gasteiger partial charge in [-0.05, 0) is 140 Å². The van der Waals surface area contributed by atoms with Gasteiger partial charge in [-0.2, -0.15) is 0 Å². The molecule has 0 aromatic carbocycles. The molecule has 9 aliphatic rings. The van der Waals surface area contributed by atoms with Crippen molar-refractivity contribution >= 4 is 30.6 Å². The Morgan fingerprint density at radius 3 is 0.530 bits per heavy atom. The predicted molar refractivity (Wildman–Crippen MR) is 270 cm³/mol. The molecule has 0 bridgehead atoms. The van der Waals surface area contributed by atoms with Crippen molar-refractivity contribution in [2.75, 3.05) is 0 Å². The Kier molecular flexibility index (Phi) is 19.5. The van der Waals surface area contributed by atoms with E-state index < -0.39 is 30.6 Å². The second kappa shape index (κ2) is 25.0. The average Bonchev–Trinajstić information content (AvgIpc) is 3.32. The van der Waals surface area contributed by atoms with Crippen molar-refractivity contribution in [1.29, 1.82) is 0 Å². The minimum atomic E-state index is -3.71. The summed E-state index contributed by atoms with van der Waals surface area (Å²) < 4.78 is 86.5. The van der Waals surface area contributed by atoms with E-state index >= 15 is 0 Å². The van der Waals surface area contributed by atoms with E-state index in [2.05, 4.69) is 13.8 Å². The first kappa shape index (κ1) is 51.5. The average molecular weight is 1000 g/mol. The van der Waals surface area contributed by atoms with Crippen molar-refractivity contribution in [2.45, 2.75) is 307 Å². The molecule has 0 N–H and O–H groups in total. The molecule has 16 heteroatoms. The number of nitrogens with zero attached hydrogens (tertiary/aromatic N) is 4. The third kappa shape index (κ3) is 14.9. The van der Waals surface area contributed by atoms with Gasteiger partial charge in [0.2, 0.25) is 0 Å². The molecule has 0 saturated heterocycles. The molecule has 0 aromatic heterocycles. The van der Waals surface area contributed by atoms with Crippen LogP contribution in [0, 0.1) is 11.8 Å². The Morgan fingerprint density at radius 2 is 0.364 bits per heavy atom. The molecular formula is C50H92N4O8P4. The van der Waals surface area contributed by atoms with E-state index in [1.54, 1.807) is 0 Å². The summed E-state index contributed by atoms with van der Waals surface area (Å²) >= 11 is 0. The highest BCUT2D eigenvalue weighted by Crippen LogP contribution is 2.83. The van der Waals surface area contributed by atoms with Gasteiger partial charge in [-0.15, -0.1) is 18.1 Å². The lowest BCUT2D eigenvalue weighted by Gasteiger charge is -2.41. The Morgan fingerprint density at radius 1 is 0.212 bits per heavy atom. The minimum Gasteiger partial charge on any atom is -0.303 e. The lowest BCUT2D eigenvalue weighted by Crippen LogP contribution is -2.25. The van der Waals surface area contributed by atoms with Gasteiger partial charge in [-0.3, -0.25) is 0 Å². The largest absolute Gasteiger partial charge is 0.349 e. The van der Waals surface area contributed by atoms with Gasteiger partial charge in [0, 0.05) is 0 Å². The molecule has 0 radical (unpaired) electrons. The first-order chi connectivity index (χ1) is 32.2. The van der Waals surface area contributed by atoms with Crippen LogP contribution in [-0.2, 0) is 36.2 Å². The van der Waals surface area contributed by atoms with Crippen LogP contribution in [0.15, 0.2) is 18.1 Å². The van der Waals surface area contributed by atoms with E-state index in [-0.39, 0.29) is 48.8 Å². The standard InChI is InChI=1S/C50H92N4O8P4/c1-41-33-37-49(38-34-41)61-65(59-47-29-17-7-18-30-47)51-63(55-43-21-9-3-10-22-43,56-44-23-11-4-12-24-44)53-66(60-48-31-19-8-20-32-48,62-50-39-35-42(2)36-40-50)54-64(52-65,57-45-25-13-5-14-26-45)58-46-27-15-6-16-28-46/h41-50H,3-40H2,1-2H3. The SMILES string of the molecule is CC1CCC(OP2(OC3CCCCC3)=NP(OC3CCCCC3)(OC3CCCCC3)=NP(OC3CCCCC3)(OC3CCC(C)CC3)=NP(OC3CCCCC3)(OC3CCCCC3)=N2)CC1. The first-order valence-electron chi connectivity index (χ1n) is 28.3. The zero-order chi connectivity index (χ0) is 45.1. The molecule has 0 amide bonds. The molecule has 380 valence electrons. The molecule has 8 saturated carbocycles. The Balaban J connectivity index is 1.33. The van der Waals surface area contributed by atoms with Gasteiger partial charge < -0.3 is 36.2 Å². The molecule has 9 rings (SSSR count). The van der Waals surface area contributed by atoms with Crippen molar-refractivity contribution in [3.05, 3.63) is 0 Å². The molecule has 0 spiro atoms. The van der Waals surface area contributed by atoms with E-state index in [4.69, 9.17) is 54.3 Å². The molecule has 8 fully saturated rings. The summed E-state index contributed by atoms with van der Waals surface area (Å²) in [7, 11) is -14.8. The van der Waals surface area contributed by atoms with Crippen LogP contribution in [0.3, 0.4) is 0 Å². The topological polar surface area (TPSA) is 123 Å². The van der Waals surface area contributed by atoms with Crippen molar-refractivity contribution in [2.24, 2.45) is 29.9 Å². The van der Waals surface area contributed by atoms with Crippen LogP contribution in [0.2, 0.25) is 0 Å². The van der Waals surface area contributed by atoms with E-state index in [9.17, 15) is 0 Å². The van der Waals surface area contributed by atoms with Gasteiger partial charge in [0.15, 0.2) is 0 Å². The summed E-state index contributed by atoms with van der Waals surface area (Å²) in [5.74, 6) is 1.31. The first-order valence-corrected chi connectivity index (χ1v) is 34.4. The molecule has 0 aromatic rings. The van der Waals surface area contributed by atoms with Crippen LogP contribution in [0.1, 0.15) is 258 Å². The highest BCUT2D eigenvalue weighted by Gasteiger charge is 2.50. The number of hydrogen-bond acceptors (Lipinski definition) is 12. The van der Waals surface area contributed by atoms with Crippen LogP contribution < -0.4 is 0 Å². The van der Waals surface area contributed by atoms with Gasteiger partial charge in [0.1, 0.15) is 0 Å². The normalized spacial score (nSPS) is 36.5. The third-order valence-electron chi connectivity index (χ3n) is 16.4. The molecule has 2 atom stereocenters. The summed E-state index contributed by atoms with van der Waals surface area (Å²) in [6.07, 6.45) is 39.9. The van der Waals surface area contributed by atoms with E-state index in [1.165, 1.54) is 38.5 Å². The zero-order valence-corrected chi connectivity index (χ0v) is 45.1. The molecule has 2 unspecified atom stereocenters. The number of rotatable bonds is 16. The second-order valence-corrected chi connectivity index (χ2v) is 31.0. The summed E-state index contributed by atoms with van der Waals surface area (Å²) in [4.78, 5) is 0. The molecule has 1 heterocycles. The lowest BCUT2D eigenvalue weighted by molar-refractivity contribution is 0.0780. The Labute approximate surface area is 401 Å². The van der Waals surface area contributed by atoms with E-state index in [0.717, 1.165) is 205 Å². The zero-order valence-electron chi connectivity index (χ0n) is 41.5. The summed E-state index contributed by atoms with van der Waals surface area (Å²) in [5.41, 5.74) is 0. The van der Waals surface area contributed by atoms with Crippen LogP contribution in [0.4, 0.5) is 0 Å². The number of hydrogen-bond donors (Lipinski definition) is 0. The molecular weight excluding hydrogens is 908 g/mol. The monoisotopic (exact) mass is 1000 g/mol. The maximum atomic E-state index is 7.76. The fourth-order valence-corrected chi connectivity index (χ4v) is 26.4. The fraction of sp³-hybridized carbons (Fsp3) is 1.00. The minimum absolute atomic E-state index is 0.0571. The van der Waals surface area contributed by atoms with E-state index in [0.29, 0.717) is 11.8 Å². The summed E-state index contributed by atoms with van der Waals surface area (Å²) in [6.45, 7) is 4.76. The summed E-state index contributed by atoms with van der Waals surface area (Å²) in [6, 6.07) is 0. The quantitative estimate of drug-likeness (QED) is 0.140. The van der Waals surface area contributed by atoms with Crippen LogP contribution in [0.5, 0.6) is 0 Å². The van der Waals surface area contributed by atoms with Gasteiger partial charge in [-0.1, -0.05) is 129 Å². The van der Waals surface area contributed by atoms with Gasteiger partial charge >= 0.3 is 30.6 Å². The molecule has 1 aliphatic heterocycles.